The molecule has 1 aromatic carbocycles. The van der Waals surface area contributed by atoms with Crippen LogP contribution in [0.3, 0.4) is 0 Å². The maximum Gasteiger partial charge on any atom is 0.411 e. The topological polar surface area (TPSA) is 138 Å². The van der Waals surface area contributed by atoms with Crippen LogP contribution in [0, 0.1) is 0 Å². The lowest BCUT2D eigenvalue weighted by atomic mass is 10.2. The Morgan fingerprint density at radius 1 is 1.24 bits per heavy atom. The minimum atomic E-state index is -1.44. The summed E-state index contributed by atoms with van der Waals surface area (Å²) >= 11 is 7.47. The minimum Gasteiger partial charge on any atom is -0.495 e. The lowest BCUT2D eigenvalue weighted by Crippen LogP contribution is -2.36. The average Bonchev–Trinajstić information content (AvgIpc) is 3.30. The van der Waals surface area contributed by atoms with E-state index in [1.54, 1.807) is 12.5 Å². The Kier molecular flexibility index (Phi) is 7.30. The molecule has 4 rings (SSSR count). The van der Waals surface area contributed by atoms with Gasteiger partial charge in [-0.2, -0.15) is 4.98 Å². The number of morpholine rings is 1. The zero-order valence-electron chi connectivity index (χ0n) is 18.0. The third-order valence-corrected chi connectivity index (χ3v) is 6.02. The van der Waals surface area contributed by atoms with E-state index in [-0.39, 0.29) is 22.4 Å². The first-order valence-corrected chi connectivity index (χ1v) is 11.4. The standard InChI is InChI=1S/C21H21ClN6O5S/c1-32-16-3-2-12(28-5-7-33-8-6-28)10-15(16)24-20-23-11-14(22)17(26-20)25-19-13(4-9-34-19)18(29)27-21(30)31/h2-4,9-11H,5-8H2,1H3,(H,27,29)(H,30,31)(H2,23,24,25,26). The zero-order valence-corrected chi connectivity index (χ0v) is 19.6. The van der Waals surface area contributed by atoms with Gasteiger partial charge < -0.3 is 30.1 Å². The number of thiophene rings is 1. The van der Waals surface area contributed by atoms with E-state index in [1.165, 1.54) is 23.6 Å². The number of amides is 2. The number of benzene rings is 1. The number of anilines is 5. The highest BCUT2D eigenvalue weighted by Gasteiger charge is 2.18. The molecule has 1 saturated heterocycles. The molecular formula is C21H21ClN6O5S. The summed E-state index contributed by atoms with van der Waals surface area (Å²) in [5, 5.41) is 19.0. The number of hydrogen-bond donors (Lipinski definition) is 4. The molecule has 0 unspecified atom stereocenters. The van der Waals surface area contributed by atoms with E-state index >= 15 is 0 Å². The van der Waals surface area contributed by atoms with Crippen molar-refractivity contribution in [3.63, 3.8) is 0 Å². The molecule has 2 amide bonds. The molecule has 1 fully saturated rings. The van der Waals surface area contributed by atoms with Crippen LogP contribution in [0.5, 0.6) is 5.75 Å². The van der Waals surface area contributed by atoms with Crippen molar-refractivity contribution < 1.29 is 24.2 Å². The number of aromatic nitrogens is 2. The molecule has 0 aliphatic carbocycles. The van der Waals surface area contributed by atoms with Gasteiger partial charge >= 0.3 is 6.09 Å². The molecule has 3 heterocycles. The molecule has 2 aromatic heterocycles. The van der Waals surface area contributed by atoms with E-state index in [9.17, 15) is 9.59 Å². The van der Waals surface area contributed by atoms with Crippen LogP contribution < -0.4 is 25.6 Å². The average molecular weight is 505 g/mol. The molecule has 0 saturated carbocycles. The van der Waals surface area contributed by atoms with Gasteiger partial charge in [0.1, 0.15) is 15.8 Å². The van der Waals surface area contributed by atoms with Crippen LogP contribution in [0.4, 0.5) is 32.9 Å². The van der Waals surface area contributed by atoms with Gasteiger partial charge in [-0.3, -0.25) is 10.1 Å². The Morgan fingerprint density at radius 3 is 2.76 bits per heavy atom. The summed E-state index contributed by atoms with van der Waals surface area (Å²) in [5.41, 5.74) is 1.82. The highest BCUT2D eigenvalue weighted by Crippen LogP contribution is 2.34. The fourth-order valence-corrected chi connectivity index (χ4v) is 4.23. The zero-order chi connectivity index (χ0) is 24.1. The van der Waals surface area contributed by atoms with Crippen molar-refractivity contribution in [2.75, 3.05) is 48.9 Å². The largest absolute Gasteiger partial charge is 0.495 e. The van der Waals surface area contributed by atoms with E-state index in [4.69, 9.17) is 26.2 Å². The predicted molar refractivity (Wildman–Crippen MR) is 129 cm³/mol. The smallest absolute Gasteiger partial charge is 0.411 e. The number of nitrogens with zero attached hydrogens (tertiary/aromatic N) is 3. The number of carboxylic acid groups (broad SMARTS) is 1. The van der Waals surface area contributed by atoms with E-state index in [0.29, 0.717) is 29.7 Å². The van der Waals surface area contributed by atoms with Crippen molar-refractivity contribution in [2.24, 2.45) is 0 Å². The van der Waals surface area contributed by atoms with Crippen LogP contribution in [0.15, 0.2) is 35.8 Å². The van der Waals surface area contributed by atoms with Gasteiger partial charge in [-0.1, -0.05) is 11.6 Å². The van der Waals surface area contributed by atoms with Gasteiger partial charge in [0, 0.05) is 18.8 Å². The van der Waals surface area contributed by atoms with Crippen LogP contribution >= 0.6 is 22.9 Å². The second-order valence-electron chi connectivity index (χ2n) is 7.05. The number of rotatable bonds is 7. The van der Waals surface area contributed by atoms with Crippen molar-refractivity contribution >= 4 is 63.1 Å². The number of carbonyl (C=O) groups is 2. The second kappa shape index (κ2) is 10.5. The molecule has 11 nitrogen and oxygen atoms in total. The van der Waals surface area contributed by atoms with Crippen LogP contribution in [0.1, 0.15) is 10.4 Å². The number of imide groups is 1. The number of halogens is 1. The highest BCUT2D eigenvalue weighted by molar-refractivity contribution is 7.14. The molecule has 34 heavy (non-hydrogen) atoms. The van der Waals surface area contributed by atoms with E-state index in [1.807, 2.05) is 23.5 Å². The first kappa shape index (κ1) is 23.5. The summed E-state index contributed by atoms with van der Waals surface area (Å²) in [4.78, 5) is 33.8. The van der Waals surface area contributed by atoms with Crippen molar-refractivity contribution in [3.05, 3.63) is 46.4 Å². The lowest BCUT2D eigenvalue weighted by molar-refractivity contribution is 0.0949. The monoisotopic (exact) mass is 504 g/mol. The highest BCUT2D eigenvalue weighted by atomic mass is 35.5. The van der Waals surface area contributed by atoms with Crippen LogP contribution in [0.2, 0.25) is 5.02 Å². The fraction of sp³-hybridized carbons (Fsp3) is 0.238. The van der Waals surface area contributed by atoms with Crippen molar-refractivity contribution in [3.8, 4) is 5.75 Å². The summed E-state index contributed by atoms with van der Waals surface area (Å²) in [6.07, 6.45) is -0.0239. The van der Waals surface area contributed by atoms with E-state index in [0.717, 1.165) is 18.8 Å². The Labute approximate surface area is 203 Å². The van der Waals surface area contributed by atoms with Gasteiger partial charge in [0.15, 0.2) is 5.82 Å². The van der Waals surface area contributed by atoms with Gasteiger partial charge in [0.2, 0.25) is 5.95 Å². The summed E-state index contributed by atoms with van der Waals surface area (Å²) in [6, 6.07) is 7.29. The molecule has 0 atom stereocenters. The predicted octanol–water partition coefficient (Wildman–Crippen LogP) is 3.93. The Balaban J connectivity index is 1.57. The number of hydrogen-bond acceptors (Lipinski definition) is 10. The van der Waals surface area contributed by atoms with Crippen LogP contribution in [-0.4, -0.2) is 60.5 Å². The van der Waals surface area contributed by atoms with Gasteiger partial charge in [0.05, 0.1) is 37.8 Å². The van der Waals surface area contributed by atoms with Crippen molar-refractivity contribution in [2.45, 2.75) is 0 Å². The van der Waals surface area contributed by atoms with Crippen molar-refractivity contribution in [1.82, 2.24) is 15.3 Å². The van der Waals surface area contributed by atoms with Gasteiger partial charge in [-0.15, -0.1) is 11.3 Å². The van der Waals surface area contributed by atoms with Gasteiger partial charge in [0.25, 0.3) is 5.91 Å². The van der Waals surface area contributed by atoms with Crippen LogP contribution in [0.25, 0.3) is 0 Å². The Morgan fingerprint density at radius 2 is 2.03 bits per heavy atom. The number of nitrogens with one attached hydrogen (secondary N) is 3. The molecule has 178 valence electrons. The summed E-state index contributed by atoms with van der Waals surface area (Å²) in [7, 11) is 1.57. The molecule has 4 N–H and O–H groups in total. The normalized spacial score (nSPS) is 13.3. The van der Waals surface area contributed by atoms with Gasteiger partial charge in [-0.05, 0) is 29.6 Å². The number of methoxy groups -OCH3 is 1. The second-order valence-corrected chi connectivity index (χ2v) is 8.37. The summed E-state index contributed by atoms with van der Waals surface area (Å²) in [6.45, 7) is 2.91. The molecule has 0 radical (unpaired) electrons. The first-order valence-electron chi connectivity index (χ1n) is 10.1. The number of ether oxygens (including phenoxy) is 2. The maximum atomic E-state index is 12.1. The number of carbonyl (C=O) groups excluding carboxylic acids is 1. The molecule has 0 bridgehead atoms. The molecular weight excluding hydrogens is 484 g/mol. The fourth-order valence-electron chi connectivity index (χ4n) is 3.30. The quantitative estimate of drug-likeness (QED) is 0.374. The third kappa shape index (κ3) is 5.47. The summed E-state index contributed by atoms with van der Waals surface area (Å²) < 4.78 is 10.9. The molecule has 0 spiro atoms. The first-order chi connectivity index (χ1) is 16.4. The third-order valence-electron chi connectivity index (χ3n) is 4.91. The molecule has 1 aliphatic heterocycles. The molecule has 13 heteroatoms. The minimum absolute atomic E-state index is 0.150. The van der Waals surface area contributed by atoms with E-state index in [2.05, 4.69) is 25.5 Å². The SMILES string of the molecule is COc1ccc(N2CCOCC2)cc1Nc1ncc(Cl)c(Nc2sccc2C(=O)NC(=O)O)n1. The van der Waals surface area contributed by atoms with Crippen LogP contribution in [-0.2, 0) is 4.74 Å². The maximum absolute atomic E-state index is 12.1. The Bertz CT molecular complexity index is 1200. The lowest BCUT2D eigenvalue weighted by Gasteiger charge is -2.29. The molecule has 3 aromatic rings. The van der Waals surface area contributed by atoms with Gasteiger partial charge in [-0.25, -0.2) is 9.78 Å². The van der Waals surface area contributed by atoms with E-state index < -0.39 is 12.0 Å². The van der Waals surface area contributed by atoms with Crippen molar-refractivity contribution in [1.29, 1.82) is 0 Å². The summed E-state index contributed by atoms with van der Waals surface area (Å²) in [5.74, 6) is 0.340. The Hall–Kier alpha value is -3.61. The molecule has 1 aliphatic rings.